The second-order valence-electron chi connectivity index (χ2n) is 5.46. The van der Waals surface area contributed by atoms with Crippen molar-refractivity contribution in [3.8, 4) is 17.2 Å². The molecule has 0 aliphatic rings. The van der Waals surface area contributed by atoms with Gasteiger partial charge in [-0.25, -0.2) is 0 Å². The van der Waals surface area contributed by atoms with E-state index in [1.807, 2.05) is 37.3 Å². The molecule has 2 aromatic carbocycles. The van der Waals surface area contributed by atoms with Crippen LogP contribution in [0.4, 0.5) is 0 Å². The van der Waals surface area contributed by atoms with Gasteiger partial charge < -0.3 is 19.5 Å². The molecular weight excluding hydrogens is 318 g/mol. The minimum atomic E-state index is -0.182. The number of rotatable bonds is 7. The van der Waals surface area contributed by atoms with Crippen molar-refractivity contribution < 1.29 is 19.0 Å². The first-order valence-electron chi connectivity index (χ1n) is 7.89. The van der Waals surface area contributed by atoms with Gasteiger partial charge in [0.2, 0.25) is 11.7 Å². The van der Waals surface area contributed by atoms with Crippen LogP contribution >= 0.6 is 0 Å². The third-order valence-electron chi connectivity index (χ3n) is 3.70. The lowest BCUT2D eigenvalue weighted by atomic mass is 10.1. The van der Waals surface area contributed by atoms with Gasteiger partial charge in [-0.15, -0.1) is 0 Å². The van der Waals surface area contributed by atoms with E-state index < -0.39 is 0 Å². The molecule has 0 atom stereocenters. The first kappa shape index (κ1) is 18.4. The fourth-order valence-electron chi connectivity index (χ4n) is 2.49. The summed E-state index contributed by atoms with van der Waals surface area (Å²) in [7, 11) is 4.65. The third-order valence-corrected chi connectivity index (χ3v) is 3.70. The highest BCUT2D eigenvalue weighted by Gasteiger charge is 2.14. The molecule has 0 aromatic heterocycles. The summed E-state index contributed by atoms with van der Waals surface area (Å²) in [4.78, 5) is 12.1. The Labute approximate surface area is 148 Å². The zero-order valence-electron chi connectivity index (χ0n) is 15.0. The molecule has 0 heterocycles. The topological polar surface area (TPSA) is 56.8 Å². The largest absolute Gasteiger partial charge is 0.493 e. The van der Waals surface area contributed by atoms with Gasteiger partial charge in [-0.05, 0) is 30.7 Å². The normalized spacial score (nSPS) is 10.6. The van der Waals surface area contributed by atoms with E-state index in [1.54, 1.807) is 33.5 Å². The Hall–Kier alpha value is -2.95. The molecule has 2 rings (SSSR count). The molecular formula is C20H23NO4. The number of benzene rings is 2. The predicted octanol–water partition coefficient (Wildman–Crippen LogP) is 3.35. The van der Waals surface area contributed by atoms with Crippen molar-refractivity contribution in [2.75, 3.05) is 21.3 Å². The lowest BCUT2D eigenvalue weighted by Crippen LogP contribution is -2.20. The first-order chi connectivity index (χ1) is 12.1. The number of carbonyl (C=O) groups is 1. The number of carbonyl (C=O) groups excluding carboxylic acids is 1. The molecule has 0 bridgehead atoms. The van der Waals surface area contributed by atoms with Crippen molar-refractivity contribution in [2.45, 2.75) is 13.5 Å². The second kappa shape index (κ2) is 8.78. The van der Waals surface area contributed by atoms with Crippen LogP contribution in [-0.2, 0) is 11.3 Å². The van der Waals surface area contributed by atoms with E-state index in [9.17, 15) is 4.79 Å². The standard InChI is InChI=1S/C20H23NO4/c1-14-6-5-7-15(12-14)13-21-18(22)11-9-16-8-10-17(23-2)20(25-4)19(16)24-3/h5-12H,13H2,1-4H3,(H,21,22)/b11-9+. The predicted molar refractivity (Wildman–Crippen MR) is 98.2 cm³/mol. The molecule has 2 aromatic rings. The Morgan fingerprint density at radius 1 is 1.04 bits per heavy atom. The average Bonchev–Trinajstić information content (AvgIpc) is 2.63. The first-order valence-corrected chi connectivity index (χ1v) is 7.89. The van der Waals surface area contributed by atoms with Crippen molar-refractivity contribution in [1.82, 2.24) is 5.32 Å². The van der Waals surface area contributed by atoms with Crippen molar-refractivity contribution in [3.63, 3.8) is 0 Å². The fourth-order valence-corrected chi connectivity index (χ4v) is 2.49. The second-order valence-corrected chi connectivity index (χ2v) is 5.46. The number of ether oxygens (including phenoxy) is 3. The van der Waals surface area contributed by atoms with E-state index in [-0.39, 0.29) is 5.91 Å². The van der Waals surface area contributed by atoms with Gasteiger partial charge in [0, 0.05) is 18.2 Å². The molecule has 25 heavy (non-hydrogen) atoms. The highest BCUT2D eigenvalue weighted by molar-refractivity contribution is 5.92. The number of aryl methyl sites for hydroxylation is 1. The van der Waals surface area contributed by atoms with Crippen LogP contribution in [0.15, 0.2) is 42.5 Å². The molecule has 0 spiro atoms. The molecule has 0 aliphatic heterocycles. The maximum atomic E-state index is 12.1. The van der Waals surface area contributed by atoms with Crippen LogP contribution in [0.3, 0.4) is 0 Å². The minimum absolute atomic E-state index is 0.182. The number of nitrogens with one attached hydrogen (secondary N) is 1. The van der Waals surface area contributed by atoms with E-state index in [0.717, 1.165) is 16.7 Å². The Balaban J connectivity index is 2.09. The quantitative estimate of drug-likeness (QED) is 0.785. The minimum Gasteiger partial charge on any atom is -0.493 e. The van der Waals surface area contributed by atoms with Crippen molar-refractivity contribution in [1.29, 1.82) is 0 Å². The van der Waals surface area contributed by atoms with Gasteiger partial charge in [-0.1, -0.05) is 29.8 Å². The summed E-state index contributed by atoms with van der Waals surface area (Å²) in [5, 5.41) is 2.86. The van der Waals surface area contributed by atoms with E-state index in [2.05, 4.69) is 5.32 Å². The molecule has 0 aliphatic carbocycles. The van der Waals surface area contributed by atoms with E-state index >= 15 is 0 Å². The summed E-state index contributed by atoms with van der Waals surface area (Å²) < 4.78 is 16.0. The van der Waals surface area contributed by atoms with E-state index in [0.29, 0.717) is 23.8 Å². The molecule has 5 heteroatoms. The zero-order valence-corrected chi connectivity index (χ0v) is 15.0. The summed E-state index contributed by atoms with van der Waals surface area (Å²) in [6.07, 6.45) is 3.16. The monoisotopic (exact) mass is 341 g/mol. The van der Waals surface area contributed by atoms with Gasteiger partial charge in [0.15, 0.2) is 11.5 Å². The van der Waals surface area contributed by atoms with Crippen LogP contribution in [0.5, 0.6) is 17.2 Å². The third kappa shape index (κ3) is 4.76. The van der Waals surface area contributed by atoms with Crippen LogP contribution < -0.4 is 19.5 Å². The molecule has 1 amide bonds. The summed E-state index contributed by atoms with van der Waals surface area (Å²) in [5.74, 6) is 1.40. The Kier molecular flexibility index (Phi) is 6.46. The van der Waals surface area contributed by atoms with Crippen molar-refractivity contribution in [3.05, 3.63) is 59.2 Å². The Morgan fingerprint density at radius 3 is 2.44 bits per heavy atom. The maximum Gasteiger partial charge on any atom is 0.244 e. The molecule has 5 nitrogen and oxygen atoms in total. The molecule has 132 valence electrons. The van der Waals surface area contributed by atoms with Crippen LogP contribution in [0.25, 0.3) is 6.08 Å². The van der Waals surface area contributed by atoms with Crippen LogP contribution in [0, 0.1) is 6.92 Å². The SMILES string of the molecule is COc1ccc(/C=C/C(=O)NCc2cccc(C)c2)c(OC)c1OC. The van der Waals surface area contributed by atoms with Gasteiger partial charge in [-0.2, -0.15) is 0 Å². The highest BCUT2D eigenvalue weighted by atomic mass is 16.5. The zero-order chi connectivity index (χ0) is 18.2. The van der Waals surface area contributed by atoms with Crippen LogP contribution in [0.1, 0.15) is 16.7 Å². The van der Waals surface area contributed by atoms with Gasteiger partial charge in [0.1, 0.15) is 0 Å². The molecule has 0 unspecified atom stereocenters. The highest BCUT2D eigenvalue weighted by Crippen LogP contribution is 2.40. The fraction of sp³-hybridized carbons (Fsp3) is 0.250. The lowest BCUT2D eigenvalue weighted by molar-refractivity contribution is -0.116. The molecule has 0 saturated carbocycles. The molecule has 0 saturated heterocycles. The summed E-state index contributed by atoms with van der Waals surface area (Å²) in [5.41, 5.74) is 2.95. The van der Waals surface area contributed by atoms with E-state index in [4.69, 9.17) is 14.2 Å². The van der Waals surface area contributed by atoms with Crippen LogP contribution in [0.2, 0.25) is 0 Å². The summed E-state index contributed by atoms with van der Waals surface area (Å²) in [6, 6.07) is 11.6. The van der Waals surface area contributed by atoms with Crippen LogP contribution in [-0.4, -0.2) is 27.2 Å². The summed E-state index contributed by atoms with van der Waals surface area (Å²) >= 11 is 0. The van der Waals surface area contributed by atoms with Crippen molar-refractivity contribution in [2.24, 2.45) is 0 Å². The summed E-state index contributed by atoms with van der Waals surface area (Å²) in [6.45, 7) is 2.50. The molecule has 0 fully saturated rings. The molecule has 0 radical (unpaired) electrons. The Bertz CT molecular complexity index is 768. The smallest absolute Gasteiger partial charge is 0.244 e. The van der Waals surface area contributed by atoms with Gasteiger partial charge in [-0.3, -0.25) is 4.79 Å². The molecule has 1 N–H and O–H groups in total. The Morgan fingerprint density at radius 2 is 1.80 bits per heavy atom. The average molecular weight is 341 g/mol. The van der Waals surface area contributed by atoms with Gasteiger partial charge in [0.05, 0.1) is 21.3 Å². The van der Waals surface area contributed by atoms with Gasteiger partial charge in [0.25, 0.3) is 0 Å². The lowest BCUT2D eigenvalue weighted by Gasteiger charge is -2.14. The number of amides is 1. The number of hydrogen-bond acceptors (Lipinski definition) is 4. The maximum absolute atomic E-state index is 12.1. The van der Waals surface area contributed by atoms with E-state index in [1.165, 1.54) is 6.08 Å². The van der Waals surface area contributed by atoms with Gasteiger partial charge >= 0.3 is 0 Å². The number of methoxy groups -OCH3 is 3. The van der Waals surface area contributed by atoms with Crippen molar-refractivity contribution >= 4 is 12.0 Å². The number of hydrogen-bond donors (Lipinski definition) is 1.